The molecule has 4 atom stereocenters. The molecule has 2 aromatic carbocycles. The summed E-state index contributed by atoms with van der Waals surface area (Å²) in [5.74, 6) is -1.69. The number of hydrogen-bond donors (Lipinski definition) is 1. The van der Waals surface area contributed by atoms with E-state index in [2.05, 4.69) is 10.3 Å². The van der Waals surface area contributed by atoms with E-state index in [4.69, 9.17) is 23.7 Å². The van der Waals surface area contributed by atoms with Gasteiger partial charge in [-0.3, -0.25) is 9.59 Å². The largest absolute Gasteiger partial charge is 0.493 e. The molecule has 1 N–H and O–H groups in total. The molecule has 1 saturated heterocycles. The fraction of sp³-hybridized carbons (Fsp3) is 0.333. The Bertz CT molecular complexity index is 1300. The summed E-state index contributed by atoms with van der Waals surface area (Å²) in [5, 5.41) is 2.61. The van der Waals surface area contributed by atoms with Crippen molar-refractivity contribution in [1.29, 1.82) is 0 Å². The van der Waals surface area contributed by atoms with Crippen molar-refractivity contribution in [2.75, 3.05) is 20.3 Å². The van der Waals surface area contributed by atoms with Gasteiger partial charge in [-0.25, -0.2) is 9.78 Å². The third kappa shape index (κ3) is 7.35. The Balaban J connectivity index is 1.56. The van der Waals surface area contributed by atoms with Gasteiger partial charge in [0.05, 0.1) is 20.3 Å². The van der Waals surface area contributed by atoms with Crippen molar-refractivity contribution in [2.24, 2.45) is 5.92 Å². The van der Waals surface area contributed by atoms with E-state index in [1.165, 1.54) is 26.3 Å². The number of esters is 2. The number of nitrogens with one attached hydrogen (secondary N) is 1. The van der Waals surface area contributed by atoms with Gasteiger partial charge < -0.3 is 29.0 Å². The molecule has 0 saturated carbocycles. The van der Waals surface area contributed by atoms with E-state index in [-0.39, 0.29) is 36.3 Å². The summed E-state index contributed by atoms with van der Waals surface area (Å²) >= 11 is 0. The first kappa shape index (κ1) is 28.6. The first-order valence-corrected chi connectivity index (χ1v) is 12.9. The molecule has 40 heavy (non-hydrogen) atoms. The second-order valence-corrected chi connectivity index (χ2v) is 9.31. The Morgan fingerprint density at radius 3 is 2.40 bits per heavy atom. The summed E-state index contributed by atoms with van der Waals surface area (Å²) in [4.78, 5) is 42.1. The van der Waals surface area contributed by atoms with Crippen molar-refractivity contribution in [3.8, 4) is 17.2 Å². The summed E-state index contributed by atoms with van der Waals surface area (Å²) in [6.45, 7) is 2.98. The van der Waals surface area contributed by atoms with Crippen LogP contribution in [0.2, 0.25) is 0 Å². The van der Waals surface area contributed by atoms with Gasteiger partial charge in [-0.15, -0.1) is 0 Å². The molecule has 0 bridgehead atoms. The number of benzene rings is 2. The van der Waals surface area contributed by atoms with E-state index >= 15 is 0 Å². The summed E-state index contributed by atoms with van der Waals surface area (Å²) in [5.41, 5.74) is 0.839. The van der Waals surface area contributed by atoms with E-state index in [9.17, 15) is 14.4 Å². The lowest BCUT2D eigenvalue weighted by Gasteiger charge is -2.31. The van der Waals surface area contributed by atoms with Gasteiger partial charge in [0.1, 0.15) is 18.0 Å². The number of hydrogen-bond acceptors (Lipinski definition) is 9. The molecule has 1 aliphatic heterocycles. The van der Waals surface area contributed by atoms with E-state index in [0.29, 0.717) is 12.2 Å². The fourth-order valence-corrected chi connectivity index (χ4v) is 4.45. The number of para-hydroxylation sites is 1. The molecule has 2 heterocycles. The summed E-state index contributed by atoms with van der Waals surface area (Å²) < 4.78 is 28.5. The van der Waals surface area contributed by atoms with Crippen LogP contribution in [0, 0.1) is 5.92 Å². The molecule has 10 heteroatoms. The molecule has 1 amide bonds. The molecule has 4 unspecified atom stereocenters. The van der Waals surface area contributed by atoms with E-state index in [1.807, 2.05) is 60.7 Å². The Hall–Kier alpha value is -4.44. The molecule has 4 rings (SSSR count). The number of cyclic esters (lactones) is 1. The summed E-state index contributed by atoms with van der Waals surface area (Å²) in [6, 6.07) is 19.5. The molecule has 1 aromatic heterocycles. The van der Waals surface area contributed by atoms with Gasteiger partial charge in [0.15, 0.2) is 17.5 Å². The molecule has 1 fully saturated rings. The molecule has 0 radical (unpaired) electrons. The average molecular weight is 549 g/mol. The van der Waals surface area contributed by atoms with Gasteiger partial charge in [0.2, 0.25) is 5.75 Å². The van der Waals surface area contributed by atoms with Crippen LogP contribution in [0.4, 0.5) is 0 Å². The Kier molecular flexibility index (Phi) is 9.69. The van der Waals surface area contributed by atoms with E-state index in [0.717, 1.165) is 5.56 Å². The van der Waals surface area contributed by atoms with Gasteiger partial charge in [0.25, 0.3) is 5.91 Å². The number of carbonyl (C=O) groups excluding carboxylic acids is 3. The molecule has 0 aliphatic carbocycles. The fourth-order valence-electron chi connectivity index (χ4n) is 4.45. The van der Waals surface area contributed by atoms with Crippen LogP contribution < -0.4 is 19.5 Å². The van der Waals surface area contributed by atoms with Crippen LogP contribution in [0.15, 0.2) is 72.9 Å². The number of pyridine rings is 1. The van der Waals surface area contributed by atoms with Crippen LogP contribution in [-0.4, -0.2) is 61.4 Å². The highest BCUT2D eigenvalue weighted by atomic mass is 16.6. The van der Waals surface area contributed by atoms with Crippen LogP contribution >= 0.6 is 0 Å². The van der Waals surface area contributed by atoms with Gasteiger partial charge in [-0.1, -0.05) is 48.5 Å². The highest BCUT2D eigenvalue weighted by Gasteiger charge is 2.36. The van der Waals surface area contributed by atoms with Crippen molar-refractivity contribution in [3.63, 3.8) is 0 Å². The SMILES string of the molecule is COc1ccnc(C(=O)NC2COCC(Oc3ccccc3)C(Cc3ccccc3)C(C)OC2=O)c1OC(C)=O. The summed E-state index contributed by atoms with van der Waals surface area (Å²) in [6.07, 6.45) is 0.886. The highest BCUT2D eigenvalue weighted by Crippen LogP contribution is 2.30. The first-order valence-electron chi connectivity index (χ1n) is 12.9. The van der Waals surface area contributed by atoms with Crippen molar-refractivity contribution in [1.82, 2.24) is 10.3 Å². The van der Waals surface area contributed by atoms with Crippen LogP contribution in [0.25, 0.3) is 0 Å². The maximum Gasteiger partial charge on any atom is 0.331 e. The molecule has 3 aromatic rings. The number of carbonyl (C=O) groups is 3. The number of rotatable bonds is 8. The third-order valence-corrected chi connectivity index (χ3v) is 6.43. The smallest absolute Gasteiger partial charge is 0.331 e. The number of aromatic nitrogens is 1. The van der Waals surface area contributed by atoms with Gasteiger partial charge in [-0.2, -0.15) is 0 Å². The summed E-state index contributed by atoms with van der Waals surface area (Å²) in [7, 11) is 1.37. The number of ether oxygens (including phenoxy) is 5. The second kappa shape index (κ2) is 13.6. The predicted molar refractivity (Wildman–Crippen MR) is 144 cm³/mol. The monoisotopic (exact) mass is 548 g/mol. The lowest BCUT2D eigenvalue weighted by atomic mass is 9.89. The van der Waals surface area contributed by atoms with Crippen molar-refractivity contribution >= 4 is 17.8 Å². The van der Waals surface area contributed by atoms with Gasteiger partial charge in [0, 0.05) is 25.1 Å². The molecule has 210 valence electrons. The number of methoxy groups -OCH3 is 1. The Morgan fingerprint density at radius 1 is 1.02 bits per heavy atom. The Labute approximate surface area is 232 Å². The zero-order valence-electron chi connectivity index (χ0n) is 22.6. The minimum atomic E-state index is -1.15. The minimum Gasteiger partial charge on any atom is -0.493 e. The molecule has 10 nitrogen and oxygen atoms in total. The van der Waals surface area contributed by atoms with E-state index in [1.54, 1.807) is 6.92 Å². The quantitative estimate of drug-likeness (QED) is 0.422. The molecule has 0 spiro atoms. The standard InChI is InChI=1S/C30H32N2O8/c1-19-23(16-21-10-6-4-7-11-21)26(40-22-12-8-5-9-13-22)18-37-17-24(30(35)38-19)32-29(34)27-28(39-20(2)33)25(36-3)14-15-31-27/h4-15,19,23-24,26H,16-18H2,1-3H3,(H,32,34). The maximum absolute atomic E-state index is 13.3. The zero-order valence-corrected chi connectivity index (χ0v) is 22.6. The minimum absolute atomic E-state index is 0.141. The van der Waals surface area contributed by atoms with Gasteiger partial charge in [-0.05, 0) is 31.0 Å². The third-order valence-electron chi connectivity index (χ3n) is 6.43. The first-order chi connectivity index (χ1) is 19.4. The van der Waals surface area contributed by atoms with E-state index < -0.39 is 36.1 Å². The lowest BCUT2D eigenvalue weighted by Crippen LogP contribution is -2.46. The zero-order chi connectivity index (χ0) is 28.5. The molecular weight excluding hydrogens is 516 g/mol. The number of nitrogens with zero attached hydrogens (tertiary/aromatic N) is 1. The predicted octanol–water partition coefficient (Wildman–Crippen LogP) is 3.38. The van der Waals surface area contributed by atoms with Crippen LogP contribution in [0.3, 0.4) is 0 Å². The Morgan fingerprint density at radius 2 is 1.73 bits per heavy atom. The average Bonchev–Trinajstić information content (AvgIpc) is 2.99. The van der Waals surface area contributed by atoms with Crippen LogP contribution in [-0.2, 0) is 25.5 Å². The molecule has 1 aliphatic rings. The van der Waals surface area contributed by atoms with Crippen LogP contribution in [0.1, 0.15) is 29.9 Å². The number of amides is 1. The normalized spacial score (nSPS) is 21.1. The highest BCUT2D eigenvalue weighted by molar-refractivity contribution is 5.98. The van der Waals surface area contributed by atoms with Crippen molar-refractivity contribution in [2.45, 2.75) is 38.5 Å². The molecular formula is C30H32N2O8. The van der Waals surface area contributed by atoms with Crippen LogP contribution in [0.5, 0.6) is 17.2 Å². The maximum atomic E-state index is 13.3. The topological polar surface area (TPSA) is 122 Å². The second-order valence-electron chi connectivity index (χ2n) is 9.31. The lowest BCUT2D eigenvalue weighted by molar-refractivity contribution is -0.154. The van der Waals surface area contributed by atoms with Crippen molar-refractivity contribution in [3.05, 3.63) is 84.2 Å². The van der Waals surface area contributed by atoms with Crippen molar-refractivity contribution < 1.29 is 38.1 Å². The van der Waals surface area contributed by atoms with Gasteiger partial charge >= 0.3 is 11.9 Å².